The molecule has 3 saturated carbocycles. The second kappa shape index (κ2) is 20.0. The molecule has 3 aliphatic rings. The Labute approximate surface area is 253 Å². The fourth-order valence-corrected chi connectivity index (χ4v) is 15.6. The Morgan fingerprint density at radius 3 is 1.63 bits per heavy atom. The molecule has 4 nitrogen and oxygen atoms in total. The molecule has 0 spiro atoms. The maximum atomic E-state index is 11.2. The predicted octanol–water partition coefficient (Wildman–Crippen LogP) is 11.0. The molecule has 0 heterocycles. The van der Waals surface area contributed by atoms with Crippen LogP contribution in [0.2, 0.25) is 0 Å². The van der Waals surface area contributed by atoms with Crippen molar-refractivity contribution in [2.75, 3.05) is 13.3 Å². The zero-order chi connectivity index (χ0) is 29.2. The second-order valence-corrected chi connectivity index (χ2v) is 18.0. The minimum Gasteiger partial charge on any atom is -0.481 e. The van der Waals surface area contributed by atoms with Gasteiger partial charge in [-0.15, -0.1) is 0 Å². The van der Waals surface area contributed by atoms with Crippen molar-refractivity contribution in [2.24, 2.45) is 0 Å². The molecule has 0 amide bonds. The number of carbonyl (C=O) groups excluding carboxylic acids is 1. The number of ether oxygens (including phenoxy) is 2. The predicted molar refractivity (Wildman–Crippen MR) is 176 cm³/mol. The smallest absolute Gasteiger partial charge is 0.305 e. The largest absolute Gasteiger partial charge is 0.481 e. The molecular formula is C36H64O4P+. The number of esters is 1. The Kier molecular flexibility index (Phi) is 16.8. The SMILES string of the molecule is C=CC(CCCCCCCCCCC(=O)OC)O/C(O)=C/C[P+](C1CCCCC1)(C1CCCCC1)C1CCCCC1. The van der Waals surface area contributed by atoms with Crippen molar-refractivity contribution in [3.8, 4) is 0 Å². The third-order valence-corrected chi connectivity index (χ3v) is 17.2. The van der Waals surface area contributed by atoms with Gasteiger partial charge in [0.1, 0.15) is 6.10 Å². The molecule has 5 heteroatoms. The summed E-state index contributed by atoms with van der Waals surface area (Å²) in [4.78, 5) is 11.2. The highest BCUT2D eigenvalue weighted by atomic mass is 31.2. The van der Waals surface area contributed by atoms with E-state index >= 15 is 0 Å². The van der Waals surface area contributed by atoms with Crippen molar-refractivity contribution in [1.82, 2.24) is 0 Å². The van der Waals surface area contributed by atoms with Gasteiger partial charge in [0, 0.05) is 19.8 Å². The van der Waals surface area contributed by atoms with E-state index in [1.165, 1.54) is 136 Å². The van der Waals surface area contributed by atoms with E-state index in [9.17, 15) is 9.90 Å². The lowest BCUT2D eigenvalue weighted by atomic mass is 9.99. The Balaban J connectivity index is 1.49. The molecule has 0 aliphatic heterocycles. The summed E-state index contributed by atoms with van der Waals surface area (Å²) in [6, 6.07) is 0. The van der Waals surface area contributed by atoms with Gasteiger partial charge < -0.3 is 14.6 Å². The van der Waals surface area contributed by atoms with Crippen LogP contribution in [0.15, 0.2) is 24.7 Å². The molecule has 0 saturated heterocycles. The number of aliphatic hydroxyl groups excluding tert-OH is 1. The summed E-state index contributed by atoms with van der Waals surface area (Å²) in [5.41, 5.74) is 2.78. The number of carbonyl (C=O) groups is 1. The van der Waals surface area contributed by atoms with Gasteiger partial charge in [-0.05, 0) is 96.3 Å². The topological polar surface area (TPSA) is 55.8 Å². The normalized spacial score (nSPS) is 21.0. The fourth-order valence-electron chi connectivity index (χ4n) is 8.47. The minimum absolute atomic E-state index is 0.0940. The lowest BCUT2D eigenvalue weighted by Crippen LogP contribution is -2.37. The molecule has 1 unspecified atom stereocenters. The first kappa shape index (κ1) is 34.5. The summed E-state index contributed by atoms with van der Waals surface area (Å²) in [5, 5.41) is 11.1. The monoisotopic (exact) mass is 591 g/mol. The van der Waals surface area contributed by atoms with Gasteiger partial charge in [0.25, 0.3) is 5.95 Å². The summed E-state index contributed by atoms with van der Waals surface area (Å²) in [5.74, 6) is 0.0807. The summed E-state index contributed by atoms with van der Waals surface area (Å²) >= 11 is 0. The summed E-state index contributed by atoms with van der Waals surface area (Å²) < 4.78 is 10.8. The first-order valence-electron chi connectivity index (χ1n) is 17.7. The Hall–Kier alpha value is -1.02. The van der Waals surface area contributed by atoms with Crippen molar-refractivity contribution in [3.05, 3.63) is 24.7 Å². The third-order valence-electron chi connectivity index (χ3n) is 10.7. The lowest BCUT2D eigenvalue weighted by molar-refractivity contribution is -0.140. The molecule has 1 N–H and O–H groups in total. The van der Waals surface area contributed by atoms with Crippen molar-refractivity contribution in [2.45, 2.75) is 184 Å². The second-order valence-electron chi connectivity index (χ2n) is 13.4. The zero-order valence-electron chi connectivity index (χ0n) is 26.7. The molecule has 3 fully saturated rings. The first-order valence-corrected chi connectivity index (χ1v) is 19.9. The van der Waals surface area contributed by atoms with Gasteiger partial charge in [-0.3, -0.25) is 4.79 Å². The molecule has 1 atom stereocenters. The van der Waals surface area contributed by atoms with Crippen LogP contribution in [-0.2, 0) is 14.3 Å². The van der Waals surface area contributed by atoms with Gasteiger partial charge in [-0.1, -0.05) is 70.4 Å². The van der Waals surface area contributed by atoms with Gasteiger partial charge >= 0.3 is 5.97 Å². The van der Waals surface area contributed by atoms with Gasteiger partial charge in [0.05, 0.1) is 30.2 Å². The van der Waals surface area contributed by atoms with Crippen molar-refractivity contribution in [1.29, 1.82) is 0 Å². The van der Waals surface area contributed by atoms with Crippen LogP contribution < -0.4 is 0 Å². The minimum atomic E-state index is -1.24. The number of hydrogen-bond acceptors (Lipinski definition) is 4. The van der Waals surface area contributed by atoms with Crippen LogP contribution in [0, 0.1) is 0 Å². The first-order chi connectivity index (χ1) is 20.1. The van der Waals surface area contributed by atoms with E-state index in [0.29, 0.717) is 6.42 Å². The Morgan fingerprint density at radius 1 is 0.756 bits per heavy atom. The standard InChI is InChI=1S/C36H63O4P/c1-3-31(21-13-8-6-4-5-7-9-20-28-35(37)39-2)40-36(38)29-30-41(32-22-14-10-15-23-32,33-24-16-11-17-25-33)34-26-18-12-19-27-34/h3,29,31-34H,1,4-28,30H2,2H3/p+1/b36-29+. The van der Waals surface area contributed by atoms with Crippen LogP contribution in [0.5, 0.6) is 0 Å². The van der Waals surface area contributed by atoms with E-state index in [0.717, 1.165) is 48.8 Å². The van der Waals surface area contributed by atoms with Crippen LogP contribution in [0.1, 0.15) is 161 Å². The van der Waals surface area contributed by atoms with Gasteiger partial charge in [-0.25, -0.2) is 0 Å². The third kappa shape index (κ3) is 11.5. The highest BCUT2D eigenvalue weighted by Crippen LogP contribution is 2.77. The Morgan fingerprint density at radius 2 is 1.20 bits per heavy atom. The molecule has 0 bridgehead atoms. The van der Waals surface area contributed by atoms with E-state index < -0.39 is 7.26 Å². The van der Waals surface area contributed by atoms with E-state index in [1.54, 1.807) is 0 Å². The quantitative estimate of drug-likeness (QED) is 0.0534. The van der Waals surface area contributed by atoms with E-state index in [1.807, 2.05) is 6.08 Å². The highest BCUT2D eigenvalue weighted by molar-refractivity contribution is 7.78. The number of rotatable bonds is 19. The van der Waals surface area contributed by atoms with Crippen LogP contribution in [0.25, 0.3) is 0 Å². The zero-order valence-corrected chi connectivity index (χ0v) is 27.6. The van der Waals surface area contributed by atoms with E-state index in [2.05, 4.69) is 12.7 Å². The van der Waals surface area contributed by atoms with Crippen LogP contribution in [0.3, 0.4) is 0 Å². The van der Waals surface area contributed by atoms with Crippen molar-refractivity contribution >= 4 is 13.2 Å². The van der Waals surface area contributed by atoms with Crippen LogP contribution in [0.4, 0.5) is 0 Å². The summed E-state index contributed by atoms with van der Waals surface area (Å²) in [7, 11) is 0.216. The Bertz CT molecular complexity index is 701. The maximum absolute atomic E-state index is 11.2. The molecule has 3 aliphatic carbocycles. The molecule has 0 aromatic carbocycles. The lowest BCUT2D eigenvalue weighted by Gasteiger charge is -2.48. The number of aliphatic hydroxyl groups is 1. The number of methoxy groups -OCH3 is 1. The molecule has 0 radical (unpaired) electrons. The molecule has 236 valence electrons. The van der Waals surface area contributed by atoms with E-state index in [-0.39, 0.29) is 18.0 Å². The molecular weight excluding hydrogens is 527 g/mol. The van der Waals surface area contributed by atoms with Crippen LogP contribution >= 0.6 is 7.26 Å². The molecule has 3 rings (SSSR count). The van der Waals surface area contributed by atoms with E-state index in [4.69, 9.17) is 9.47 Å². The highest BCUT2D eigenvalue weighted by Gasteiger charge is 2.56. The molecule has 41 heavy (non-hydrogen) atoms. The summed E-state index contributed by atoms with van der Waals surface area (Å²) in [6.45, 7) is 4.03. The van der Waals surface area contributed by atoms with Crippen molar-refractivity contribution < 1.29 is 19.4 Å². The molecule has 0 aromatic rings. The van der Waals surface area contributed by atoms with Crippen molar-refractivity contribution in [3.63, 3.8) is 0 Å². The fraction of sp³-hybridized carbons (Fsp3) is 0.861. The average Bonchev–Trinajstić information content (AvgIpc) is 3.03. The van der Waals surface area contributed by atoms with Gasteiger partial charge in [-0.2, -0.15) is 0 Å². The molecule has 0 aromatic heterocycles. The number of unbranched alkanes of at least 4 members (excludes halogenated alkanes) is 7. The number of allylic oxidation sites excluding steroid dienone is 1. The van der Waals surface area contributed by atoms with Gasteiger partial charge in [0.15, 0.2) is 0 Å². The van der Waals surface area contributed by atoms with Crippen LogP contribution in [-0.4, -0.2) is 47.4 Å². The maximum Gasteiger partial charge on any atom is 0.305 e. The average molecular weight is 592 g/mol. The van der Waals surface area contributed by atoms with Gasteiger partial charge in [0.2, 0.25) is 0 Å². The summed E-state index contributed by atoms with van der Waals surface area (Å²) in [6.07, 6.45) is 37.3. The number of hydrogen-bond donors (Lipinski definition) is 1.